The van der Waals surface area contributed by atoms with E-state index in [1.807, 2.05) is 13.8 Å². The van der Waals surface area contributed by atoms with E-state index in [2.05, 4.69) is 0 Å². The van der Waals surface area contributed by atoms with E-state index in [4.69, 9.17) is 8.92 Å². The molecule has 6 heteroatoms. The fraction of sp³-hybridized carbons (Fsp3) is 0.533. The second-order valence-electron chi connectivity index (χ2n) is 4.62. The summed E-state index contributed by atoms with van der Waals surface area (Å²) in [7, 11) is -3.94. The summed E-state index contributed by atoms with van der Waals surface area (Å²) in [5.41, 5.74) is 0.0186. The lowest BCUT2D eigenvalue weighted by atomic mass is 10.2. The van der Waals surface area contributed by atoms with Gasteiger partial charge in [0.2, 0.25) is 0 Å². The van der Waals surface area contributed by atoms with Gasteiger partial charge in [-0.3, -0.25) is 4.18 Å². The largest absolute Gasteiger partial charge is 0.462 e. The molecule has 0 N–H and O–H groups in total. The van der Waals surface area contributed by atoms with Crippen LogP contribution in [-0.4, -0.2) is 27.6 Å². The monoisotopic (exact) mass is 314 g/mol. The summed E-state index contributed by atoms with van der Waals surface area (Å²) in [6.07, 6.45) is 3.11. The van der Waals surface area contributed by atoms with Gasteiger partial charge >= 0.3 is 5.97 Å². The van der Waals surface area contributed by atoms with Crippen molar-refractivity contribution in [2.24, 2.45) is 0 Å². The highest BCUT2D eigenvalue weighted by molar-refractivity contribution is 7.86. The van der Waals surface area contributed by atoms with Crippen LogP contribution in [0.2, 0.25) is 0 Å². The highest BCUT2D eigenvalue weighted by Crippen LogP contribution is 2.19. The molecule has 0 spiro atoms. The Kier molecular flexibility index (Phi) is 7.39. The third-order valence-corrected chi connectivity index (χ3v) is 4.22. The van der Waals surface area contributed by atoms with Crippen LogP contribution >= 0.6 is 0 Å². The van der Waals surface area contributed by atoms with E-state index >= 15 is 0 Å². The molecule has 1 rings (SSSR count). The molecule has 0 aliphatic carbocycles. The lowest BCUT2D eigenvalue weighted by Gasteiger charge is -2.10. The molecule has 0 aliphatic heterocycles. The van der Waals surface area contributed by atoms with E-state index in [1.165, 1.54) is 12.1 Å². The number of unbranched alkanes of at least 4 members (excludes halogenated alkanes) is 2. The van der Waals surface area contributed by atoms with Gasteiger partial charge in [-0.2, -0.15) is 8.42 Å². The van der Waals surface area contributed by atoms with Crippen LogP contribution in [0.3, 0.4) is 0 Å². The van der Waals surface area contributed by atoms with Gasteiger partial charge in [0, 0.05) is 0 Å². The van der Waals surface area contributed by atoms with Crippen molar-refractivity contribution in [2.75, 3.05) is 13.2 Å². The average Bonchev–Trinajstić information content (AvgIpc) is 2.47. The Morgan fingerprint density at radius 1 is 1.05 bits per heavy atom. The molecule has 0 bridgehead atoms. The first kappa shape index (κ1) is 17.7. The minimum Gasteiger partial charge on any atom is -0.462 e. The molecule has 0 heterocycles. The number of carbonyl (C=O) groups is 1. The first-order valence-corrected chi connectivity index (χ1v) is 8.59. The Balaban J connectivity index is 2.90. The van der Waals surface area contributed by atoms with E-state index in [0.717, 1.165) is 19.3 Å². The molecule has 0 fully saturated rings. The van der Waals surface area contributed by atoms with Gasteiger partial charge in [-0.1, -0.05) is 38.8 Å². The number of rotatable bonds is 9. The Bertz CT molecular complexity index is 551. The summed E-state index contributed by atoms with van der Waals surface area (Å²) in [5, 5.41) is 0. The molecule has 5 nitrogen and oxygen atoms in total. The molecule has 0 radical (unpaired) electrons. The molecule has 0 saturated heterocycles. The molecule has 0 aromatic heterocycles. The molecule has 0 saturated carbocycles. The van der Waals surface area contributed by atoms with E-state index < -0.39 is 16.1 Å². The van der Waals surface area contributed by atoms with Gasteiger partial charge in [0.05, 0.1) is 18.8 Å². The fourth-order valence-corrected chi connectivity index (χ4v) is 2.75. The quantitative estimate of drug-likeness (QED) is 0.398. The smallest absolute Gasteiger partial charge is 0.339 e. The van der Waals surface area contributed by atoms with Gasteiger partial charge < -0.3 is 4.74 Å². The van der Waals surface area contributed by atoms with Crippen molar-refractivity contribution in [2.45, 2.75) is 44.4 Å². The van der Waals surface area contributed by atoms with Crippen LogP contribution in [0.1, 0.15) is 49.9 Å². The maximum Gasteiger partial charge on any atom is 0.339 e. The molecular formula is C15H22O5S. The van der Waals surface area contributed by atoms with Gasteiger partial charge in [-0.05, 0) is 25.0 Å². The minimum atomic E-state index is -3.94. The number of hydrogen-bond acceptors (Lipinski definition) is 5. The van der Waals surface area contributed by atoms with Crippen LogP contribution in [0, 0.1) is 0 Å². The SMILES string of the molecule is CCCCOC(=O)c1ccccc1S(=O)(=O)OCCCC. The Hall–Kier alpha value is -1.40. The van der Waals surface area contributed by atoms with Crippen molar-refractivity contribution in [1.29, 1.82) is 0 Å². The van der Waals surface area contributed by atoms with E-state index in [0.29, 0.717) is 6.42 Å². The second-order valence-corrected chi connectivity index (χ2v) is 6.20. The van der Waals surface area contributed by atoms with Crippen LogP contribution in [0.4, 0.5) is 0 Å². The van der Waals surface area contributed by atoms with E-state index in [-0.39, 0.29) is 23.7 Å². The molecular weight excluding hydrogens is 292 g/mol. The molecule has 0 amide bonds. The molecule has 0 unspecified atom stereocenters. The maximum atomic E-state index is 12.1. The van der Waals surface area contributed by atoms with Gasteiger partial charge in [0.1, 0.15) is 4.90 Å². The molecule has 0 aliphatic rings. The molecule has 21 heavy (non-hydrogen) atoms. The zero-order valence-electron chi connectivity index (χ0n) is 12.5. The standard InChI is InChI=1S/C15H22O5S/c1-3-5-11-19-15(16)13-9-7-8-10-14(13)21(17,18)20-12-6-4-2/h7-10H,3-6,11-12H2,1-2H3. The van der Waals surface area contributed by atoms with E-state index in [1.54, 1.807) is 12.1 Å². The highest BCUT2D eigenvalue weighted by atomic mass is 32.2. The summed E-state index contributed by atoms with van der Waals surface area (Å²) < 4.78 is 34.3. The minimum absolute atomic E-state index is 0.0186. The zero-order chi connectivity index (χ0) is 15.7. The number of benzene rings is 1. The number of esters is 1. The van der Waals surface area contributed by atoms with Crippen LogP contribution in [-0.2, 0) is 19.0 Å². The number of carbonyl (C=O) groups excluding carboxylic acids is 1. The Labute approximate surface area is 126 Å². The van der Waals surface area contributed by atoms with Crippen molar-refractivity contribution in [1.82, 2.24) is 0 Å². The van der Waals surface area contributed by atoms with Crippen molar-refractivity contribution in [3.8, 4) is 0 Å². The second kappa shape index (κ2) is 8.79. The summed E-state index contributed by atoms with van der Waals surface area (Å²) >= 11 is 0. The van der Waals surface area contributed by atoms with Crippen molar-refractivity contribution >= 4 is 16.1 Å². The third-order valence-electron chi connectivity index (χ3n) is 2.84. The van der Waals surface area contributed by atoms with Crippen molar-refractivity contribution in [3.05, 3.63) is 29.8 Å². The first-order chi connectivity index (χ1) is 10.0. The van der Waals surface area contributed by atoms with Crippen LogP contribution < -0.4 is 0 Å². The normalized spacial score (nSPS) is 11.3. The van der Waals surface area contributed by atoms with Gasteiger partial charge in [0.15, 0.2) is 0 Å². The van der Waals surface area contributed by atoms with Gasteiger partial charge in [-0.25, -0.2) is 4.79 Å². The first-order valence-electron chi connectivity index (χ1n) is 7.18. The molecule has 1 aromatic rings. The summed E-state index contributed by atoms with van der Waals surface area (Å²) in [6, 6.07) is 5.95. The van der Waals surface area contributed by atoms with Crippen LogP contribution in [0.5, 0.6) is 0 Å². The third kappa shape index (κ3) is 5.47. The van der Waals surface area contributed by atoms with Crippen molar-refractivity contribution < 1.29 is 22.1 Å². The average molecular weight is 314 g/mol. The maximum absolute atomic E-state index is 12.1. The summed E-state index contributed by atoms with van der Waals surface area (Å²) in [6.45, 7) is 4.31. The van der Waals surface area contributed by atoms with Gasteiger partial charge in [0.25, 0.3) is 10.1 Å². The van der Waals surface area contributed by atoms with E-state index in [9.17, 15) is 13.2 Å². The topological polar surface area (TPSA) is 69.7 Å². The zero-order valence-corrected chi connectivity index (χ0v) is 13.3. The lowest BCUT2D eigenvalue weighted by molar-refractivity contribution is 0.0494. The number of hydrogen-bond donors (Lipinski definition) is 0. The highest BCUT2D eigenvalue weighted by Gasteiger charge is 2.23. The number of ether oxygens (including phenoxy) is 1. The lowest BCUT2D eigenvalue weighted by Crippen LogP contribution is -2.15. The predicted molar refractivity (Wildman–Crippen MR) is 79.7 cm³/mol. The Morgan fingerprint density at radius 2 is 1.67 bits per heavy atom. The Morgan fingerprint density at radius 3 is 2.33 bits per heavy atom. The van der Waals surface area contributed by atoms with Crippen molar-refractivity contribution in [3.63, 3.8) is 0 Å². The van der Waals surface area contributed by atoms with Crippen LogP contribution in [0.15, 0.2) is 29.2 Å². The van der Waals surface area contributed by atoms with Gasteiger partial charge in [-0.15, -0.1) is 0 Å². The summed E-state index contributed by atoms with van der Waals surface area (Å²) in [4.78, 5) is 11.8. The molecule has 1 aromatic carbocycles. The predicted octanol–water partition coefficient (Wildman–Crippen LogP) is 3.15. The summed E-state index contributed by atoms with van der Waals surface area (Å²) in [5.74, 6) is -0.637. The molecule has 0 atom stereocenters. The van der Waals surface area contributed by atoms with Crippen LogP contribution in [0.25, 0.3) is 0 Å². The molecule has 118 valence electrons. The fourth-order valence-electron chi connectivity index (χ4n) is 1.62.